The Kier molecular flexibility index (Phi) is 4.19. The van der Waals surface area contributed by atoms with Crippen molar-refractivity contribution in [1.29, 1.82) is 0 Å². The van der Waals surface area contributed by atoms with Gasteiger partial charge in [0.15, 0.2) is 0 Å². The Morgan fingerprint density at radius 2 is 1.61 bits per heavy atom. The molecule has 0 radical (unpaired) electrons. The number of rotatable bonds is 2. The van der Waals surface area contributed by atoms with Gasteiger partial charge in [-0.1, -0.05) is 18.9 Å². The van der Waals surface area contributed by atoms with Crippen molar-refractivity contribution < 1.29 is 14.6 Å². The predicted octanol–water partition coefficient (Wildman–Crippen LogP) is 6.06. The molecule has 0 amide bonds. The van der Waals surface area contributed by atoms with Crippen molar-refractivity contribution in [3.05, 3.63) is 53.6 Å². The van der Waals surface area contributed by atoms with Crippen molar-refractivity contribution in [2.75, 3.05) is 14.2 Å². The Morgan fingerprint density at radius 3 is 2.43 bits per heavy atom. The zero-order valence-corrected chi connectivity index (χ0v) is 16.5. The van der Waals surface area contributed by atoms with Gasteiger partial charge in [-0.05, 0) is 95.1 Å². The molecule has 0 aliphatic heterocycles. The second-order valence-corrected chi connectivity index (χ2v) is 8.15. The SMILES string of the molecule is COc1ccc2c(c1)CC1CCCCC1c1cc(O)c3cc(OC)ccc3c1-2. The molecule has 0 saturated heterocycles. The lowest BCUT2D eigenvalue weighted by atomic mass is 9.73. The average molecular weight is 374 g/mol. The van der Waals surface area contributed by atoms with Gasteiger partial charge < -0.3 is 14.6 Å². The van der Waals surface area contributed by atoms with Crippen molar-refractivity contribution in [2.45, 2.75) is 38.0 Å². The minimum absolute atomic E-state index is 0.355. The fraction of sp³-hybridized carbons (Fsp3) is 0.360. The molecule has 2 aliphatic rings. The minimum Gasteiger partial charge on any atom is -0.507 e. The molecule has 1 N–H and O–H groups in total. The summed E-state index contributed by atoms with van der Waals surface area (Å²) in [7, 11) is 3.39. The van der Waals surface area contributed by atoms with Crippen molar-refractivity contribution in [2.24, 2.45) is 5.92 Å². The Balaban J connectivity index is 1.85. The van der Waals surface area contributed by atoms with Crippen LogP contribution in [0.2, 0.25) is 0 Å². The van der Waals surface area contributed by atoms with E-state index in [2.05, 4.69) is 24.3 Å². The van der Waals surface area contributed by atoms with E-state index in [0.717, 1.165) is 28.7 Å². The molecule has 3 aromatic carbocycles. The van der Waals surface area contributed by atoms with Crippen LogP contribution in [0.15, 0.2) is 42.5 Å². The molecule has 3 nitrogen and oxygen atoms in total. The van der Waals surface area contributed by atoms with Crippen molar-refractivity contribution in [3.63, 3.8) is 0 Å². The van der Waals surface area contributed by atoms with Gasteiger partial charge in [0.05, 0.1) is 14.2 Å². The lowest BCUT2D eigenvalue weighted by Gasteiger charge is -2.31. The summed E-state index contributed by atoms with van der Waals surface area (Å²) < 4.78 is 10.9. The van der Waals surface area contributed by atoms with E-state index in [4.69, 9.17) is 9.47 Å². The van der Waals surface area contributed by atoms with E-state index in [-0.39, 0.29) is 0 Å². The number of aromatic hydroxyl groups is 1. The zero-order valence-electron chi connectivity index (χ0n) is 16.5. The molecule has 0 aromatic heterocycles. The molecular weight excluding hydrogens is 348 g/mol. The van der Waals surface area contributed by atoms with Crippen LogP contribution in [-0.2, 0) is 6.42 Å². The van der Waals surface area contributed by atoms with Gasteiger partial charge in [0.1, 0.15) is 17.2 Å². The molecule has 0 spiro atoms. The zero-order chi connectivity index (χ0) is 19.3. The summed E-state index contributed by atoms with van der Waals surface area (Å²) >= 11 is 0. The fourth-order valence-electron chi connectivity index (χ4n) is 5.38. The molecule has 3 heteroatoms. The van der Waals surface area contributed by atoms with Gasteiger partial charge in [0.25, 0.3) is 0 Å². The maximum Gasteiger partial charge on any atom is 0.123 e. The summed E-state index contributed by atoms with van der Waals surface area (Å²) in [6, 6.07) is 14.5. The summed E-state index contributed by atoms with van der Waals surface area (Å²) in [5.41, 5.74) is 5.23. The van der Waals surface area contributed by atoms with Crippen molar-refractivity contribution >= 4 is 10.8 Å². The first-order valence-electron chi connectivity index (χ1n) is 10.2. The lowest BCUT2D eigenvalue weighted by Crippen LogP contribution is -2.19. The molecular formula is C25H26O3. The average Bonchev–Trinajstić information content (AvgIpc) is 2.87. The van der Waals surface area contributed by atoms with E-state index in [1.807, 2.05) is 18.2 Å². The molecule has 2 aliphatic carbocycles. The highest BCUT2D eigenvalue weighted by molar-refractivity contribution is 6.03. The van der Waals surface area contributed by atoms with E-state index < -0.39 is 0 Å². The lowest BCUT2D eigenvalue weighted by molar-refractivity contribution is 0.307. The third kappa shape index (κ3) is 2.64. The number of phenolic OH excluding ortho intramolecular Hbond substituents is 1. The highest BCUT2D eigenvalue weighted by atomic mass is 16.5. The number of phenols is 1. The second kappa shape index (κ2) is 6.73. The van der Waals surface area contributed by atoms with Crippen molar-refractivity contribution in [3.8, 4) is 28.4 Å². The Labute approximate surface area is 165 Å². The molecule has 3 aromatic rings. The first kappa shape index (κ1) is 17.4. The first-order chi connectivity index (χ1) is 13.7. The molecule has 1 fully saturated rings. The van der Waals surface area contributed by atoms with E-state index in [1.54, 1.807) is 14.2 Å². The Bertz CT molecular complexity index is 1050. The maximum atomic E-state index is 10.9. The molecule has 1 saturated carbocycles. The van der Waals surface area contributed by atoms with Gasteiger partial charge in [-0.25, -0.2) is 0 Å². The van der Waals surface area contributed by atoms with Crippen LogP contribution in [0.4, 0.5) is 0 Å². The van der Waals surface area contributed by atoms with Crippen LogP contribution in [0.5, 0.6) is 17.2 Å². The van der Waals surface area contributed by atoms with Gasteiger partial charge in [-0.3, -0.25) is 0 Å². The first-order valence-corrected chi connectivity index (χ1v) is 10.2. The molecule has 144 valence electrons. The van der Waals surface area contributed by atoms with Crippen molar-refractivity contribution in [1.82, 2.24) is 0 Å². The normalized spacial score (nSPS) is 20.6. The number of hydrogen-bond acceptors (Lipinski definition) is 3. The molecule has 5 rings (SSSR count). The topological polar surface area (TPSA) is 38.7 Å². The second-order valence-electron chi connectivity index (χ2n) is 8.15. The van der Waals surface area contributed by atoms with E-state index in [1.165, 1.54) is 47.9 Å². The van der Waals surface area contributed by atoms with E-state index in [9.17, 15) is 5.11 Å². The quantitative estimate of drug-likeness (QED) is 0.592. The monoisotopic (exact) mass is 374 g/mol. The van der Waals surface area contributed by atoms with Crippen LogP contribution >= 0.6 is 0 Å². The molecule has 28 heavy (non-hydrogen) atoms. The smallest absolute Gasteiger partial charge is 0.123 e. The van der Waals surface area contributed by atoms with Gasteiger partial charge in [-0.2, -0.15) is 0 Å². The molecule has 2 unspecified atom stereocenters. The van der Waals surface area contributed by atoms with Crippen LogP contribution in [0.3, 0.4) is 0 Å². The van der Waals surface area contributed by atoms with Gasteiger partial charge in [0.2, 0.25) is 0 Å². The third-order valence-corrected chi connectivity index (χ3v) is 6.73. The van der Waals surface area contributed by atoms with Crippen LogP contribution in [0, 0.1) is 5.92 Å². The summed E-state index contributed by atoms with van der Waals surface area (Å²) in [4.78, 5) is 0. The summed E-state index contributed by atoms with van der Waals surface area (Å²) in [6.07, 6.45) is 6.09. The number of fused-ring (bicyclic) bond motifs is 7. The molecule has 2 atom stereocenters. The highest BCUT2D eigenvalue weighted by Gasteiger charge is 2.34. The number of benzene rings is 3. The Morgan fingerprint density at radius 1 is 0.857 bits per heavy atom. The Hall–Kier alpha value is -2.68. The standard InChI is InChI=1S/C25H26O3/c1-27-17-7-9-20-16(12-17)11-15-5-3-4-6-19(15)23-14-24(26)22-13-18(28-2)8-10-21(22)25(20)23/h7-10,12-15,19,26H,3-6,11H2,1-2H3. The third-order valence-electron chi connectivity index (χ3n) is 6.73. The predicted molar refractivity (Wildman–Crippen MR) is 113 cm³/mol. The van der Waals surface area contributed by atoms with Gasteiger partial charge in [0, 0.05) is 5.39 Å². The van der Waals surface area contributed by atoms with Crippen LogP contribution in [0.25, 0.3) is 21.9 Å². The summed E-state index contributed by atoms with van der Waals surface area (Å²) in [6.45, 7) is 0. The number of methoxy groups -OCH3 is 2. The summed E-state index contributed by atoms with van der Waals surface area (Å²) in [5.74, 6) is 3.16. The minimum atomic E-state index is 0.355. The molecule has 0 heterocycles. The molecule has 0 bridgehead atoms. The number of hydrogen-bond donors (Lipinski definition) is 1. The van der Waals surface area contributed by atoms with E-state index >= 15 is 0 Å². The highest BCUT2D eigenvalue weighted by Crippen LogP contribution is 2.51. The van der Waals surface area contributed by atoms with Crippen LogP contribution < -0.4 is 9.47 Å². The van der Waals surface area contributed by atoms with Gasteiger partial charge in [-0.15, -0.1) is 0 Å². The van der Waals surface area contributed by atoms with Gasteiger partial charge >= 0.3 is 0 Å². The fourth-order valence-corrected chi connectivity index (χ4v) is 5.38. The van der Waals surface area contributed by atoms with Crippen LogP contribution in [-0.4, -0.2) is 19.3 Å². The maximum absolute atomic E-state index is 10.9. The number of ether oxygens (including phenoxy) is 2. The van der Waals surface area contributed by atoms with Crippen LogP contribution in [0.1, 0.15) is 42.7 Å². The summed E-state index contributed by atoms with van der Waals surface area (Å²) in [5, 5.41) is 12.8. The largest absolute Gasteiger partial charge is 0.507 e. The van der Waals surface area contributed by atoms with E-state index in [0.29, 0.717) is 17.6 Å².